The number of hydrogen-bond acceptors (Lipinski definition) is 6. The van der Waals surface area contributed by atoms with Crippen molar-refractivity contribution in [3.05, 3.63) is 52.7 Å². The largest absolute Gasteiger partial charge is 0.464 e. The Bertz CT molecular complexity index is 1330. The van der Waals surface area contributed by atoms with Crippen LogP contribution >= 0.6 is 11.3 Å². The number of halogens is 2. The summed E-state index contributed by atoms with van der Waals surface area (Å²) >= 11 is 1.41. The van der Waals surface area contributed by atoms with Crippen LogP contribution in [0, 0.1) is 17.3 Å². The molecule has 6 nitrogen and oxygen atoms in total. The number of thiazole rings is 1. The molecule has 1 aromatic carbocycles. The van der Waals surface area contributed by atoms with E-state index < -0.39 is 12.5 Å². The normalized spacial score (nSPS) is 27.3. The van der Waals surface area contributed by atoms with Crippen LogP contribution in [0.25, 0.3) is 10.9 Å². The minimum Gasteiger partial charge on any atom is -0.464 e. The summed E-state index contributed by atoms with van der Waals surface area (Å²) in [5.41, 5.74) is 2.88. The average molecular weight is 541 g/mol. The fourth-order valence-corrected chi connectivity index (χ4v) is 7.65. The number of aromatic nitrogens is 2. The topological polar surface area (TPSA) is 67.3 Å². The Morgan fingerprint density at radius 2 is 2.08 bits per heavy atom. The molecular formula is C29H34F2N4O2S. The van der Waals surface area contributed by atoms with Crippen molar-refractivity contribution in [2.75, 3.05) is 19.7 Å². The molecule has 6 rings (SSSR count). The van der Waals surface area contributed by atoms with Crippen LogP contribution in [0.5, 0.6) is 5.19 Å². The number of alkyl halides is 2. The summed E-state index contributed by atoms with van der Waals surface area (Å²) in [6, 6.07) is 9.73. The van der Waals surface area contributed by atoms with Gasteiger partial charge in [-0.25, -0.2) is 13.8 Å². The zero-order valence-corrected chi connectivity index (χ0v) is 22.7. The number of rotatable bonds is 7. The molecular weight excluding hydrogens is 506 g/mol. The maximum atomic E-state index is 13.2. The predicted molar refractivity (Wildman–Crippen MR) is 144 cm³/mol. The lowest BCUT2D eigenvalue weighted by Gasteiger charge is -2.32. The van der Waals surface area contributed by atoms with Crippen LogP contribution in [0.3, 0.4) is 0 Å². The van der Waals surface area contributed by atoms with Gasteiger partial charge in [-0.1, -0.05) is 30.4 Å². The molecule has 1 aliphatic heterocycles. The summed E-state index contributed by atoms with van der Waals surface area (Å²) in [5, 5.41) is 4.54. The smallest absolute Gasteiger partial charge is 0.278 e. The molecule has 38 heavy (non-hydrogen) atoms. The van der Waals surface area contributed by atoms with Crippen molar-refractivity contribution < 1.29 is 18.3 Å². The number of fused-ring (bicyclic) bond motifs is 2. The monoisotopic (exact) mass is 540 g/mol. The quantitative estimate of drug-likeness (QED) is 0.416. The maximum absolute atomic E-state index is 13.2. The second-order valence-electron chi connectivity index (χ2n) is 11.4. The first kappa shape index (κ1) is 25.6. The van der Waals surface area contributed by atoms with Gasteiger partial charge in [0.05, 0.1) is 11.2 Å². The van der Waals surface area contributed by atoms with E-state index in [9.17, 15) is 13.6 Å². The highest BCUT2D eigenvalue weighted by molar-refractivity contribution is 7.13. The Morgan fingerprint density at radius 3 is 2.87 bits per heavy atom. The number of benzene rings is 1. The second-order valence-corrected chi connectivity index (χ2v) is 12.5. The van der Waals surface area contributed by atoms with Gasteiger partial charge in [-0.3, -0.25) is 14.7 Å². The van der Waals surface area contributed by atoms with Crippen LogP contribution in [0.4, 0.5) is 8.78 Å². The predicted octanol–water partition coefficient (Wildman–Crippen LogP) is 5.71. The first-order valence-corrected chi connectivity index (χ1v) is 14.4. The lowest BCUT2D eigenvalue weighted by molar-refractivity contribution is -0.0230. The number of carbonyl (C=O) groups excluding carboxylic acids is 1. The fraction of sp³-hybridized carbons (Fsp3) is 0.552. The average Bonchev–Trinajstić information content (AvgIpc) is 3.22. The van der Waals surface area contributed by atoms with Crippen molar-refractivity contribution in [2.24, 2.45) is 17.3 Å². The lowest BCUT2D eigenvalue weighted by atomic mass is 9.80. The molecule has 1 spiro atoms. The standard InChI is InChI=1S/C29H34F2N4O2S/c1-18-22(15-35-14-10-25-24(16-35)34-27(38-25)37-17-28(2,30)31)29(18)11-8-19(9-12-29)33-26(36)21-5-3-7-23-20(21)6-4-13-32-23/h3-7,13,18-19,22H,8-12,14-17H2,1-2H3,(H,33,36)/t18-,19?,22+,29?/m0/s1. The molecule has 2 aliphatic carbocycles. The van der Waals surface area contributed by atoms with Crippen LogP contribution in [0.1, 0.15) is 60.5 Å². The molecule has 1 amide bonds. The van der Waals surface area contributed by atoms with Gasteiger partial charge in [0.25, 0.3) is 17.0 Å². The number of carbonyl (C=O) groups is 1. The number of ether oxygens (including phenoxy) is 1. The van der Waals surface area contributed by atoms with Gasteiger partial charge >= 0.3 is 0 Å². The Kier molecular flexibility index (Phi) is 6.63. The summed E-state index contributed by atoms with van der Waals surface area (Å²) < 4.78 is 31.6. The van der Waals surface area contributed by atoms with Gasteiger partial charge in [-0.15, -0.1) is 0 Å². The fourth-order valence-electron chi connectivity index (χ4n) is 6.75. The summed E-state index contributed by atoms with van der Waals surface area (Å²) in [6.45, 7) is 5.38. The minimum absolute atomic E-state index is 0.0108. The van der Waals surface area contributed by atoms with E-state index in [1.165, 1.54) is 11.3 Å². The molecule has 2 atom stereocenters. The van der Waals surface area contributed by atoms with E-state index in [2.05, 4.69) is 27.1 Å². The third kappa shape index (κ3) is 5.02. The molecule has 0 radical (unpaired) electrons. The summed E-state index contributed by atoms with van der Waals surface area (Å²) in [5.74, 6) is -1.55. The third-order valence-electron chi connectivity index (χ3n) is 8.97. The SMILES string of the molecule is C[C@H]1[C@@H](CN2CCc3sc(OCC(C)(F)F)nc3C2)C12CCC(NC(=O)c1cccc3ncccc13)CC2. The number of amides is 1. The molecule has 0 saturated heterocycles. The van der Waals surface area contributed by atoms with E-state index in [1.807, 2.05) is 30.3 Å². The first-order chi connectivity index (χ1) is 18.2. The Hall–Kier alpha value is -2.65. The van der Waals surface area contributed by atoms with E-state index in [1.54, 1.807) is 6.20 Å². The maximum Gasteiger partial charge on any atom is 0.278 e. The van der Waals surface area contributed by atoms with E-state index in [0.29, 0.717) is 28.0 Å². The van der Waals surface area contributed by atoms with Crippen LogP contribution in [0.15, 0.2) is 36.5 Å². The highest BCUT2D eigenvalue weighted by Gasteiger charge is 2.61. The molecule has 2 fully saturated rings. The molecule has 1 N–H and O–H groups in total. The van der Waals surface area contributed by atoms with Gasteiger partial charge in [0.2, 0.25) is 0 Å². The number of pyridine rings is 1. The van der Waals surface area contributed by atoms with Crippen molar-refractivity contribution in [1.29, 1.82) is 0 Å². The summed E-state index contributed by atoms with van der Waals surface area (Å²) in [7, 11) is 0. The second kappa shape index (κ2) is 9.83. The van der Waals surface area contributed by atoms with Gasteiger partial charge < -0.3 is 10.1 Å². The van der Waals surface area contributed by atoms with E-state index >= 15 is 0 Å². The lowest BCUT2D eigenvalue weighted by Crippen LogP contribution is -2.39. The zero-order chi connectivity index (χ0) is 26.5. The third-order valence-corrected chi connectivity index (χ3v) is 10.0. The zero-order valence-electron chi connectivity index (χ0n) is 21.9. The number of hydrogen-bond donors (Lipinski definition) is 1. The molecule has 9 heteroatoms. The number of nitrogens with zero attached hydrogens (tertiary/aromatic N) is 3. The minimum atomic E-state index is -2.86. The molecule has 3 heterocycles. The molecule has 2 aromatic heterocycles. The van der Waals surface area contributed by atoms with Crippen LogP contribution in [-0.2, 0) is 13.0 Å². The molecule has 3 aromatic rings. The molecule has 3 aliphatic rings. The molecule has 0 bridgehead atoms. The molecule has 0 unspecified atom stereocenters. The van der Waals surface area contributed by atoms with Gasteiger partial charge in [-0.05, 0) is 67.6 Å². The van der Waals surface area contributed by atoms with Gasteiger partial charge in [0.1, 0.15) is 0 Å². The highest BCUT2D eigenvalue weighted by atomic mass is 32.1. The van der Waals surface area contributed by atoms with E-state index in [4.69, 9.17) is 4.74 Å². The Labute approximate surface area is 225 Å². The van der Waals surface area contributed by atoms with E-state index in [0.717, 1.165) is 80.1 Å². The first-order valence-electron chi connectivity index (χ1n) is 13.6. The van der Waals surface area contributed by atoms with Crippen molar-refractivity contribution >= 4 is 28.1 Å². The van der Waals surface area contributed by atoms with Crippen LogP contribution in [0.2, 0.25) is 0 Å². The van der Waals surface area contributed by atoms with Gasteiger partial charge in [0, 0.05) is 54.6 Å². The summed E-state index contributed by atoms with van der Waals surface area (Å²) in [6.07, 6.45) is 6.94. The van der Waals surface area contributed by atoms with Crippen molar-refractivity contribution in [3.63, 3.8) is 0 Å². The Balaban J connectivity index is 1.02. The van der Waals surface area contributed by atoms with Crippen LogP contribution in [-0.4, -0.2) is 52.4 Å². The Morgan fingerprint density at radius 1 is 1.26 bits per heavy atom. The van der Waals surface area contributed by atoms with Gasteiger partial charge in [-0.2, -0.15) is 0 Å². The highest BCUT2D eigenvalue weighted by Crippen LogP contribution is 2.66. The molecule has 2 saturated carbocycles. The van der Waals surface area contributed by atoms with Crippen molar-refractivity contribution in [2.45, 2.75) is 64.5 Å². The summed E-state index contributed by atoms with van der Waals surface area (Å²) in [4.78, 5) is 25.6. The van der Waals surface area contributed by atoms with Crippen molar-refractivity contribution in [1.82, 2.24) is 20.2 Å². The van der Waals surface area contributed by atoms with Gasteiger partial charge in [0.15, 0.2) is 6.61 Å². The molecule has 202 valence electrons. The van der Waals surface area contributed by atoms with Crippen molar-refractivity contribution in [3.8, 4) is 5.19 Å². The van der Waals surface area contributed by atoms with E-state index in [-0.39, 0.29) is 11.9 Å². The van der Waals surface area contributed by atoms with Crippen LogP contribution < -0.4 is 10.1 Å². The number of nitrogens with one attached hydrogen (secondary N) is 1.